The number of benzene rings is 1. The Bertz CT molecular complexity index is 682. The molecule has 0 spiro atoms. The Morgan fingerprint density at radius 2 is 2.17 bits per heavy atom. The van der Waals surface area contributed by atoms with Crippen molar-refractivity contribution >= 4 is 15.9 Å². The molecule has 1 N–H and O–H groups in total. The summed E-state index contributed by atoms with van der Waals surface area (Å²) in [5.41, 5.74) is 0.654. The molecule has 1 aromatic carbocycles. The van der Waals surface area contributed by atoms with Gasteiger partial charge in [0.1, 0.15) is 5.75 Å². The molecule has 0 aromatic heterocycles. The molecule has 0 unspecified atom stereocenters. The number of sulfonamides is 1. The molecule has 7 nitrogen and oxygen atoms in total. The quantitative estimate of drug-likeness (QED) is 0.785. The Morgan fingerprint density at radius 1 is 1.42 bits per heavy atom. The van der Waals surface area contributed by atoms with Gasteiger partial charge in [-0.3, -0.25) is 4.79 Å². The van der Waals surface area contributed by atoms with Gasteiger partial charge in [-0.25, -0.2) is 13.1 Å². The second-order valence-electron chi connectivity index (χ2n) is 5.99. The molecule has 1 saturated heterocycles. The highest BCUT2D eigenvalue weighted by Crippen LogP contribution is 2.22. The average Bonchev–Trinajstić information content (AvgIpc) is 3.04. The zero-order valence-corrected chi connectivity index (χ0v) is 15.1. The first-order valence-corrected chi connectivity index (χ1v) is 9.33. The van der Waals surface area contributed by atoms with Crippen molar-refractivity contribution in [3.8, 4) is 5.75 Å². The summed E-state index contributed by atoms with van der Waals surface area (Å²) in [6.45, 7) is 2.62. The molecule has 134 valence electrons. The van der Waals surface area contributed by atoms with E-state index >= 15 is 0 Å². The number of nitrogens with one attached hydrogen (secondary N) is 1. The lowest BCUT2D eigenvalue weighted by atomic mass is 10.2. The Labute approximate surface area is 143 Å². The summed E-state index contributed by atoms with van der Waals surface area (Å²) in [7, 11) is -0.299. The maximum atomic E-state index is 12.3. The first-order chi connectivity index (χ1) is 11.3. The summed E-state index contributed by atoms with van der Waals surface area (Å²) >= 11 is 0. The summed E-state index contributed by atoms with van der Waals surface area (Å²) in [5.74, 6) is 0.326. The van der Waals surface area contributed by atoms with Crippen molar-refractivity contribution in [3.63, 3.8) is 0 Å². The number of amides is 1. The van der Waals surface area contributed by atoms with Crippen molar-refractivity contribution in [2.45, 2.75) is 30.8 Å². The molecule has 1 aromatic rings. The third-order valence-electron chi connectivity index (χ3n) is 3.83. The van der Waals surface area contributed by atoms with Crippen molar-refractivity contribution in [1.82, 2.24) is 9.62 Å². The molecular weight excluding hydrogens is 332 g/mol. The van der Waals surface area contributed by atoms with Gasteiger partial charge in [-0.2, -0.15) is 0 Å². The molecule has 0 radical (unpaired) electrons. The molecule has 8 heteroatoms. The van der Waals surface area contributed by atoms with Crippen LogP contribution in [0.15, 0.2) is 23.1 Å². The van der Waals surface area contributed by atoms with Gasteiger partial charge >= 0.3 is 0 Å². The Kier molecular flexibility index (Phi) is 6.20. The van der Waals surface area contributed by atoms with Crippen LogP contribution in [0.4, 0.5) is 0 Å². The maximum absolute atomic E-state index is 12.3. The number of aryl methyl sites for hydroxylation is 1. The van der Waals surface area contributed by atoms with E-state index in [0.29, 0.717) is 17.9 Å². The largest absolute Gasteiger partial charge is 0.483 e. The molecule has 0 saturated carbocycles. The van der Waals surface area contributed by atoms with Gasteiger partial charge in [-0.15, -0.1) is 0 Å². The molecule has 1 fully saturated rings. The van der Waals surface area contributed by atoms with Crippen molar-refractivity contribution in [1.29, 1.82) is 0 Å². The predicted molar refractivity (Wildman–Crippen MR) is 89.5 cm³/mol. The topological polar surface area (TPSA) is 84.9 Å². The smallest absolute Gasteiger partial charge is 0.259 e. The van der Waals surface area contributed by atoms with E-state index in [-0.39, 0.29) is 30.1 Å². The van der Waals surface area contributed by atoms with Gasteiger partial charge in [0.15, 0.2) is 6.61 Å². The van der Waals surface area contributed by atoms with Crippen molar-refractivity contribution < 1.29 is 22.7 Å². The van der Waals surface area contributed by atoms with Gasteiger partial charge < -0.3 is 14.4 Å². The van der Waals surface area contributed by atoms with Crippen molar-refractivity contribution in [3.05, 3.63) is 23.8 Å². The van der Waals surface area contributed by atoms with E-state index in [1.54, 1.807) is 27.1 Å². The van der Waals surface area contributed by atoms with Gasteiger partial charge in [-0.1, -0.05) is 0 Å². The van der Waals surface area contributed by atoms with E-state index < -0.39 is 10.0 Å². The van der Waals surface area contributed by atoms with Crippen LogP contribution in [0, 0.1) is 6.92 Å². The Balaban J connectivity index is 2.00. The zero-order chi connectivity index (χ0) is 17.7. The molecule has 0 aliphatic carbocycles. The highest BCUT2D eigenvalue weighted by Gasteiger charge is 2.21. The van der Waals surface area contributed by atoms with E-state index in [1.165, 1.54) is 17.0 Å². The predicted octanol–water partition coefficient (Wildman–Crippen LogP) is 0.919. The fourth-order valence-corrected chi connectivity index (χ4v) is 3.46. The van der Waals surface area contributed by atoms with Crippen LogP contribution >= 0.6 is 0 Å². The lowest BCUT2D eigenvalue weighted by Gasteiger charge is -2.14. The van der Waals surface area contributed by atoms with Crippen LogP contribution in [-0.4, -0.2) is 59.2 Å². The van der Waals surface area contributed by atoms with Crippen LogP contribution in [0.5, 0.6) is 5.75 Å². The van der Waals surface area contributed by atoms with E-state index in [9.17, 15) is 13.2 Å². The fourth-order valence-electron chi connectivity index (χ4n) is 2.31. The standard InChI is InChI=1S/C16H24N2O5S/c1-12-9-14(6-7-15(12)23-11-16(19)18(2)3)24(20,21)17-10-13-5-4-8-22-13/h6-7,9,13,17H,4-5,8,10-11H2,1-3H3/t13-/m0/s1. The Hall–Kier alpha value is -1.64. The first kappa shape index (κ1) is 18.7. The third kappa shape index (κ3) is 4.93. The SMILES string of the molecule is Cc1cc(S(=O)(=O)NC[C@@H]2CCCO2)ccc1OCC(=O)N(C)C. The van der Waals surface area contributed by atoms with Gasteiger partial charge in [-0.05, 0) is 43.5 Å². The lowest BCUT2D eigenvalue weighted by molar-refractivity contribution is -0.130. The minimum absolute atomic E-state index is 0.0551. The molecule has 1 aliphatic heterocycles. The second kappa shape index (κ2) is 7.96. The number of hydrogen-bond donors (Lipinski definition) is 1. The number of rotatable bonds is 7. The lowest BCUT2D eigenvalue weighted by Crippen LogP contribution is -2.31. The van der Waals surface area contributed by atoms with Crippen molar-refractivity contribution in [2.24, 2.45) is 0 Å². The van der Waals surface area contributed by atoms with Crippen LogP contribution in [0.25, 0.3) is 0 Å². The number of likely N-dealkylation sites (N-methyl/N-ethyl adjacent to an activating group) is 1. The monoisotopic (exact) mass is 356 g/mol. The number of ether oxygens (including phenoxy) is 2. The van der Waals surface area contributed by atoms with Crippen LogP contribution in [-0.2, 0) is 19.6 Å². The fraction of sp³-hybridized carbons (Fsp3) is 0.562. The van der Waals surface area contributed by atoms with Crippen molar-refractivity contribution in [2.75, 3.05) is 33.9 Å². The molecule has 1 amide bonds. The highest BCUT2D eigenvalue weighted by molar-refractivity contribution is 7.89. The Morgan fingerprint density at radius 3 is 2.75 bits per heavy atom. The summed E-state index contributed by atoms with van der Waals surface area (Å²) in [5, 5.41) is 0. The summed E-state index contributed by atoms with van der Waals surface area (Å²) < 4.78 is 38.1. The normalized spacial score (nSPS) is 17.7. The van der Waals surface area contributed by atoms with Gasteiger partial charge in [0.05, 0.1) is 11.0 Å². The zero-order valence-electron chi connectivity index (χ0n) is 14.2. The van der Waals surface area contributed by atoms with Crippen LogP contribution in [0.1, 0.15) is 18.4 Å². The molecule has 1 atom stereocenters. The minimum Gasteiger partial charge on any atom is -0.483 e. The van der Waals surface area contributed by atoms with Gasteiger partial charge in [0, 0.05) is 27.2 Å². The number of carbonyl (C=O) groups is 1. The van der Waals surface area contributed by atoms with Crippen LogP contribution < -0.4 is 9.46 Å². The average molecular weight is 356 g/mol. The van der Waals surface area contributed by atoms with Crippen LogP contribution in [0.2, 0.25) is 0 Å². The van der Waals surface area contributed by atoms with Crippen LogP contribution in [0.3, 0.4) is 0 Å². The highest BCUT2D eigenvalue weighted by atomic mass is 32.2. The van der Waals surface area contributed by atoms with E-state index in [0.717, 1.165) is 12.8 Å². The summed E-state index contributed by atoms with van der Waals surface area (Å²) in [6.07, 6.45) is 1.78. The summed E-state index contributed by atoms with van der Waals surface area (Å²) in [4.78, 5) is 13.2. The molecule has 1 heterocycles. The molecule has 2 rings (SSSR count). The number of carbonyl (C=O) groups excluding carboxylic acids is 1. The van der Waals surface area contributed by atoms with Gasteiger partial charge in [0.25, 0.3) is 5.91 Å². The van der Waals surface area contributed by atoms with E-state index in [4.69, 9.17) is 9.47 Å². The minimum atomic E-state index is -3.59. The van der Waals surface area contributed by atoms with E-state index in [1.807, 2.05) is 0 Å². The molecule has 1 aliphatic rings. The maximum Gasteiger partial charge on any atom is 0.259 e. The van der Waals surface area contributed by atoms with Gasteiger partial charge in [0.2, 0.25) is 10.0 Å². The molecule has 0 bridgehead atoms. The summed E-state index contributed by atoms with van der Waals surface area (Å²) in [6, 6.07) is 4.58. The first-order valence-electron chi connectivity index (χ1n) is 7.84. The molecule has 24 heavy (non-hydrogen) atoms. The second-order valence-corrected chi connectivity index (χ2v) is 7.76. The van der Waals surface area contributed by atoms with E-state index in [2.05, 4.69) is 4.72 Å². The third-order valence-corrected chi connectivity index (χ3v) is 5.25. The number of hydrogen-bond acceptors (Lipinski definition) is 5. The molecular formula is C16H24N2O5S. The number of nitrogens with zero attached hydrogens (tertiary/aromatic N) is 1.